The van der Waals surface area contributed by atoms with E-state index >= 15 is 0 Å². The number of nitrogens with zero attached hydrogens (tertiary/aromatic N) is 1. The summed E-state index contributed by atoms with van der Waals surface area (Å²) >= 11 is 1.79. The molecule has 1 fully saturated rings. The maximum absolute atomic E-state index is 5.31. The van der Waals surface area contributed by atoms with Crippen LogP contribution < -0.4 is 5.32 Å². The summed E-state index contributed by atoms with van der Waals surface area (Å²) < 4.78 is 5.31. The minimum absolute atomic E-state index is 0.123. The van der Waals surface area contributed by atoms with Crippen LogP contribution in [0.4, 0.5) is 0 Å². The van der Waals surface area contributed by atoms with Crippen LogP contribution in [0.2, 0.25) is 0 Å². The second-order valence-electron chi connectivity index (χ2n) is 4.04. The number of hydrogen-bond acceptors (Lipinski definition) is 4. The van der Waals surface area contributed by atoms with Gasteiger partial charge in [-0.1, -0.05) is 0 Å². The normalized spacial score (nSPS) is 18.1. The molecule has 1 atom stereocenters. The summed E-state index contributed by atoms with van der Waals surface area (Å²) in [5, 5.41) is 4.32. The van der Waals surface area contributed by atoms with Gasteiger partial charge in [0.05, 0.1) is 5.69 Å². The van der Waals surface area contributed by atoms with Crippen molar-refractivity contribution in [1.82, 2.24) is 10.3 Å². The first-order chi connectivity index (χ1) is 7.26. The van der Waals surface area contributed by atoms with E-state index in [9.17, 15) is 0 Å². The Morgan fingerprint density at radius 1 is 1.60 bits per heavy atom. The number of thiazole rings is 1. The second kappa shape index (κ2) is 4.60. The lowest BCUT2D eigenvalue weighted by Crippen LogP contribution is -2.05. The molecular formula is C11H18N2OS. The molecule has 1 heterocycles. The molecule has 1 aliphatic carbocycles. The van der Waals surface area contributed by atoms with E-state index in [-0.39, 0.29) is 6.10 Å². The molecule has 4 heteroatoms. The predicted octanol–water partition coefficient (Wildman–Crippen LogP) is 2.45. The van der Waals surface area contributed by atoms with Crippen molar-refractivity contribution < 1.29 is 4.74 Å². The van der Waals surface area contributed by atoms with Gasteiger partial charge in [0.25, 0.3) is 0 Å². The number of methoxy groups -OCH3 is 1. The Hall–Kier alpha value is -0.450. The molecule has 0 radical (unpaired) electrons. The number of aromatic nitrogens is 1. The van der Waals surface area contributed by atoms with E-state index in [1.807, 2.05) is 7.05 Å². The largest absolute Gasteiger partial charge is 0.375 e. The number of rotatable bonds is 5. The van der Waals surface area contributed by atoms with Crippen molar-refractivity contribution in [3.05, 3.63) is 15.6 Å². The summed E-state index contributed by atoms with van der Waals surface area (Å²) in [5.74, 6) is 0.724. The molecule has 1 aromatic rings. The quantitative estimate of drug-likeness (QED) is 0.837. The van der Waals surface area contributed by atoms with E-state index in [4.69, 9.17) is 9.72 Å². The highest BCUT2D eigenvalue weighted by molar-refractivity contribution is 7.11. The zero-order valence-electron chi connectivity index (χ0n) is 9.54. The van der Waals surface area contributed by atoms with E-state index in [1.165, 1.54) is 23.4 Å². The first-order valence-corrected chi connectivity index (χ1v) is 6.24. The third-order valence-electron chi connectivity index (χ3n) is 2.75. The van der Waals surface area contributed by atoms with Gasteiger partial charge in [0.1, 0.15) is 11.1 Å². The molecule has 1 aromatic heterocycles. The van der Waals surface area contributed by atoms with Gasteiger partial charge in [-0.2, -0.15) is 0 Å². The van der Waals surface area contributed by atoms with Crippen LogP contribution in [-0.2, 0) is 11.3 Å². The first kappa shape index (κ1) is 11.0. The molecule has 15 heavy (non-hydrogen) atoms. The summed E-state index contributed by atoms with van der Waals surface area (Å²) in [4.78, 5) is 6.10. The molecule has 84 valence electrons. The molecule has 1 aliphatic rings. The molecule has 0 spiro atoms. The Bertz CT molecular complexity index is 333. The van der Waals surface area contributed by atoms with Gasteiger partial charge in [0.2, 0.25) is 0 Å². The smallest absolute Gasteiger partial charge is 0.122 e. The van der Waals surface area contributed by atoms with E-state index in [0.29, 0.717) is 0 Å². The lowest BCUT2D eigenvalue weighted by atomic mass is 10.2. The van der Waals surface area contributed by atoms with E-state index in [1.54, 1.807) is 18.4 Å². The molecule has 1 saturated carbocycles. The van der Waals surface area contributed by atoms with Crippen molar-refractivity contribution in [3.8, 4) is 0 Å². The molecule has 0 amide bonds. The van der Waals surface area contributed by atoms with Crippen molar-refractivity contribution in [1.29, 1.82) is 0 Å². The van der Waals surface area contributed by atoms with Crippen LogP contribution in [0.1, 0.15) is 47.4 Å². The molecule has 0 bridgehead atoms. The molecule has 1 N–H and O–H groups in total. The standard InChI is InChI=1S/C11H18N2OS/c1-7(14-3)11-13-10(8-4-5-8)9(15-11)6-12-2/h7-8,12H,4-6H2,1-3H3. The van der Waals surface area contributed by atoms with Crippen molar-refractivity contribution in [3.63, 3.8) is 0 Å². The van der Waals surface area contributed by atoms with Crippen LogP contribution in [0.15, 0.2) is 0 Å². The predicted molar refractivity (Wildman–Crippen MR) is 62.3 cm³/mol. The zero-order chi connectivity index (χ0) is 10.8. The molecule has 3 nitrogen and oxygen atoms in total. The third kappa shape index (κ3) is 2.38. The van der Waals surface area contributed by atoms with Crippen LogP contribution in [0.25, 0.3) is 0 Å². The molecule has 0 aliphatic heterocycles. The highest BCUT2D eigenvalue weighted by Crippen LogP contribution is 2.43. The minimum atomic E-state index is 0.123. The molecule has 2 rings (SSSR count). The van der Waals surface area contributed by atoms with Crippen molar-refractivity contribution in [2.45, 2.75) is 38.3 Å². The summed E-state index contributed by atoms with van der Waals surface area (Å²) in [6.07, 6.45) is 2.74. The van der Waals surface area contributed by atoms with Gasteiger partial charge in [0.15, 0.2) is 0 Å². The second-order valence-corrected chi connectivity index (χ2v) is 5.16. The molecular weight excluding hydrogens is 208 g/mol. The SMILES string of the molecule is CNCc1sc(C(C)OC)nc1C1CC1. The van der Waals surface area contributed by atoms with Gasteiger partial charge >= 0.3 is 0 Å². The Kier molecular flexibility index (Phi) is 3.38. The molecule has 0 saturated heterocycles. The average Bonchev–Trinajstić information content (AvgIpc) is 3.00. The van der Waals surface area contributed by atoms with Crippen molar-refractivity contribution >= 4 is 11.3 Å². The number of ether oxygens (including phenoxy) is 1. The minimum Gasteiger partial charge on any atom is -0.375 e. The van der Waals surface area contributed by atoms with E-state index < -0.39 is 0 Å². The van der Waals surface area contributed by atoms with Crippen LogP contribution in [0.3, 0.4) is 0 Å². The van der Waals surface area contributed by atoms with E-state index in [2.05, 4.69) is 12.2 Å². The maximum atomic E-state index is 5.31. The van der Waals surface area contributed by atoms with Gasteiger partial charge in [-0.3, -0.25) is 0 Å². The number of nitrogens with one attached hydrogen (secondary N) is 1. The Morgan fingerprint density at radius 2 is 2.33 bits per heavy atom. The van der Waals surface area contributed by atoms with Gasteiger partial charge < -0.3 is 10.1 Å². The van der Waals surface area contributed by atoms with Crippen molar-refractivity contribution in [2.24, 2.45) is 0 Å². The third-order valence-corrected chi connectivity index (χ3v) is 3.98. The summed E-state index contributed by atoms with van der Waals surface area (Å²) in [6.45, 7) is 2.98. The molecule has 0 aromatic carbocycles. The zero-order valence-corrected chi connectivity index (χ0v) is 10.4. The topological polar surface area (TPSA) is 34.1 Å². The van der Waals surface area contributed by atoms with Crippen LogP contribution in [-0.4, -0.2) is 19.1 Å². The Labute approximate surface area is 94.9 Å². The highest BCUT2D eigenvalue weighted by atomic mass is 32.1. The van der Waals surface area contributed by atoms with Crippen LogP contribution in [0, 0.1) is 0 Å². The summed E-state index contributed by atoms with van der Waals surface area (Å²) in [6, 6.07) is 0. The maximum Gasteiger partial charge on any atom is 0.122 e. The van der Waals surface area contributed by atoms with Crippen LogP contribution >= 0.6 is 11.3 Å². The first-order valence-electron chi connectivity index (χ1n) is 5.43. The Balaban J connectivity index is 2.22. The van der Waals surface area contributed by atoms with Gasteiger partial charge in [-0.15, -0.1) is 11.3 Å². The highest BCUT2D eigenvalue weighted by Gasteiger charge is 2.30. The fourth-order valence-corrected chi connectivity index (χ4v) is 2.81. The molecule has 1 unspecified atom stereocenters. The van der Waals surface area contributed by atoms with Crippen LogP contribution in [0.5, 0.6) is 0 Å². The van der Waals surface area contributed by atoms with E-state index in [0.717, 1.165) is 17.5 Å². The summed E-state index contributed by atoms with van der Waals surface area (Å²) in [5.41, 5.74) is 1.31. The monoisotopic (exact) mass is 226 g/mol. The van der Waals surface area contributed by atoms with Gasteiger partial charge in [-0.05, 0) is 26.8 Å². The van der Waals surface area contributed by atoms with Gasteiger partial charge in [-0.25, -0.2) is 4.98 Å². The fourth-order valence-electron chi connectivity index (χ4n) is 1.62. The lowest BCUT2D eigenvalue weighted by molar-refractivity contribution is 0.119. The Morgan fingerprint density at radius 3 is 2.87 bits per heavy atom. The fraction of sp³-hybridized carbons (Fsp3) is 0.727. The van der Waals surface area contributed by atoms with Crippen molar-refractivity contribution in [2.75, 3.05) is 14.2 Å². The lowest BCUT2D eigenvalue weighted by Gasteiger charge is -2.03. The number of hydrogen-bond donors (Lipinski definition) is 1. The average molecular weight is 226 g/mol. The van der Waals surface area contributed by atoms with Gasteiger partial charge in [0, 0.05) is 24.4 Å². The summed E-state index contributed by atoms with van der Waals surface area (Å²) in [7, 11) is 3.72.